The smallest absolute Gasteiger partial charge is 0.337 e. The number of nitrogen functional groups attached to an aromatic ring is 1. The summed E-state index contributed by atoms with van der Waals surface area (Å²) in [7, 11) is 0. The van der Waals surface area contributed by atoms with Crippen LogP contribution in [0.4, 0.5) is 5.69 Å². The quantitative estimate of drug-likeness (QED) is 0.808. The highest BCUT2D eigenvalue weighted by molar-refractivity contribution is 5.94. The zero-order valence-electron chi connectivity index (χ0n) is 10.1. The topological polar surface area (TPSA) is 81.1 Å². The van der Waals surface area contributed by atoms with Gasteiger partial charge in [-0.15, -0.1) is 0 Å². The van der Waals surface area contributed by atoms with Crippen molar-refractivity contribution in [2.24, 2.45) is 0 Å². The molecule has 0 spiro atoms. The van der Waals surface area contributed by atoms with Gasteiger partial charge in [-0.3, -0.25) is 0 Å². The van der Waals surface area contributed by atoms with E-state index in [2.05, 4.69) is 11.9 Å². The van der Waals surface area contributed by atoms with E-state index in [-0.39, 0.29) is 11.3 Å². The van der Waals surface area contributed by atoms with E-state index in [0.29, 0.717) is 0 Å². The fraction of sp³-hybridized carbons (Fsp3) is 0.231. The molecule has 0 aliphatic heterocycles. The Morgan fingerprint density at radius 1 is 1.50 bits per heavy atom. The second kappa shape index (κ2) is 4.91. The standard InChI is InChI=1S/C13H15N3O2/c1-2-3-12-15-6-7-16(12)9-4-5-11(14)10(8-9)13(17)18/h4-8H,2-3,14H2,1H3,(H,17,18). The van der Waals surface area contributed by atoms with E-state index in [9.17, 15) is 4.79 Å². The van der Waals surface area contributed by atoms with Crippen LogP contribution < -0.4 is 5.73 Å². The van der Waals surface area contributed by atoms with Crippen LogP contribution in [0.3, 0.4) is 0 Å². The average Bonchev–Trinajstić information content (AvgIpc) is 2.78. The Morgan fingerprint density at radius 3 is 2.94 bits per heavy atom. The number of carbonyl (C=O) groups is 1. The molecule has 0 aliphatic carbocycles. The molecule has 0 atom stereocenters. The highest BCUT2D eigenvalue weighted by Crippen LogP contribution is 2.19. The molecule has 0 fully saturated rings. The first-order valence-corrected chi connectivity index (χ1v) is 5.79. The number of carboxylic acids is 1. The van der Waals surface area contributed by atoms with Crippen molar-refractivity contribution in [1.29, 1.82) is 0 Å². The summed E-state index contributed by atoms with van der Waals surface area (Å²) in [6.07, 6.45) is 5.36. The number of nitrogens with two attached hydrogens (primary N) is 1. The molecule has 0 unspecified atom stereocenters. The first-order valence-electron chi connectivity index (χ1n) is 5.79. The largest absolute Gasteiger partial charge is 0.478 e. The lowest BCUT2D eigenvalue weighted by molar-refractivity contribution is 0.0698. The van der Waals surface area contributed by atoms with Gasteiger partial charge in [-0.05, 0) is 24.6 Å². The van der Waals surface area contributed by atoms with Crippen molar-refractivity contribution in [1.82, 2.24) is 9.55 Å². The molecule has 0 amide bonds. The van der Waals surface area contributed by atoms with Crippen molar-refractivity contribution in [2.75, 3.05) is 5.73 Å². The minimum atomic E-state index is -1.02. The summed E-state index contributed by atoms with van der Waals surface area (Å²) >= 11 is 0. The third kappa shape index (κ3) is 2.20. The number of hydrogen-bond donors (Lipinski definition) is 2. The summed E-state index contributed by atoms with van der Waals surface area (Å²) in [5, 5.41) is 9.06. The van der Waals surface area contributed by atoms with Crippen LogP contribution in [0.5, 0.6) is 0 Å². The van der Waals surface area contributed by atoms with Crippen molar-refractivity contribution in [3.05, 3.63) is 42.0 Å². The molecule has 1 aromatic carbocycles. The molecular formula is C13H15N3O2. The van der Waals surface area contributed by atoms with Crippen molar-refractivity contribution < 1.29 is 9.90 Å². The normalized spacial score (nSPS) is 10.5. The molecule has 5 nitrogen and oxygen atoms in total. The van der Waals surface area contributed by atoms with Crippen LogP contribution in [0.2, 0.25) is 0 Å². The van der Waals surface area contributed by atoms with Gasteiger partial charge < -0.3 is 15.4 Å². The molecule has 0 bridgehead atoms. The molecule has 5 heteroatoms. The first-order chi connectivity index (χ1) is 8.63. The van der Waals surface area contributed by atoms with Crippen LogP contribution in [0.15, 0.2) is 30.6 Å². The lowest BCUT2D eigenvalue weighted by Crippen LogP contribution is -2.06. The van der Waals surface area contributed by atoms with E-state index < -0.39 is 5.97 Å². The molecule has 18 heavy (non-hydrogen) atoms. The lowest BCUT2D eigenvalue weighted by Gasteiger charge is -2.09. The number of carboxylic acid groups (broad SMARTS) is 1. The summed E-state index contributed by atoms with van der Waals surface area (Å²) in [6.45, 7) is 2.07. The maximum absolute atomic E-state index is 11.0. The van der Waals surface area contributed by atoms with E-state index >= 15 is 0 Å². The van der Waals surface area contributed by atoms with Gasteiger partial charge in [0.25, 0.3) is 0 Å². The Bertz CT molecular complexity index is 575. The third-order valence-electron chi connectivity index (χ3n) is 2.74. The Kier molecular flexibility index (Phi) is 3.32. The Balaban J connectivity index is 2.47. The molecular weight excluding hydrogens is 230 g/mol. The van der Waals surface area contributed by atoms with E-state index in [1.54, 1.807) is 24.4 Å². The Morgan fingerprint density at radius 2 is 2.28 bits per heavy atom. The number of aromatic nitrogens is 2. The maximum atomic E-state index is 11.0. The van der Waals surface area contributed by atoms with Gasteiger partial charge in [0, 0.05) is 30.2 Å². The Hall–Kier alpha value is -2.30. The van der Waals surface area contributed by atoms with Crippen LogP contribution in [0, 0.1) is 0 Å². The fourth-order valence-electron chi connectivity index (χ4n) is 1.86. The van der Waals surface area contributed by atoms with Crippen molar-refractivity contribution in [2.45, 2.75) is 19.8 Å². The van der Waals surface area contributed by atoms with Crippen LogP contribution in [-0.4, -0.2) is 20.6 Å². The van der Waals surface area contributed by atoms with E-state index in [1.165, 1.54) is 0 Å². The van der Waals surface area contributed by atoms with Gasteiger partial charge in [0.2, 0.25) is 0 Å². The summed E-state index contributed by atoms with van der Waals surface area (Å²) < 4.78 is 1.88. The summed E-state index contributed by atoms with van der Waals surface area (Å²) in [5.41, 5.74) is 6.78. The van der Waals surface area contributed by atoms with Gasteiger partial charge in [-0.2, -0.15) is 0 Å². The SMILES string of the molecule is CCCc1nccn1-c1ccc(N)c(C(=O)O)c1. The molecule has 2 rings (SSSR count). The molecule has 94 valence electrons. The Labute approximate surface area is 105 Å². The van der Waals surface area contributed by atoms with Crippen LogP contribution in [-0.2, 0) is 6.42 Å². The highest BCUT2D eigenvalue weighted by atomic mass is 16.4. The predicted octanol–water partition coefficient (Wildman–Crippen LogP) is 2.11. The molecule has 1 aromatic heterocycles. The van der Waals surface area contributed by atoms with Crippen molar-refractivity contribution >= 4 is 11.7 Å². The highest BCUT2D eigenvalue weighted by Gasteiger charge is 2.11. The minimum absolute atomic E-state index is 0.114. The average molecular weight is 245 g/mol. The number of nitrogens with zero attached hydrogens (tertiary/aromatic N) is 2. The van der Waals surface area contributed by atoms with E-state index in [0.717, 1.165) is 24.4 Å². The van der Waals surface area contributed by atoms with E-state index in [1.807, 2.05) is 10.8 Å². The van der Waals surface area contributed by atoms with Crippen LogP contribution in [0.1, 0.15) is 29.5 Å². The number of rotatable bonds is 4. The second-order valence-electron chi connectivity index (χ2n) is 4.04. The molecule has 1 heterocycles. The van der Waals surface area contributed by atoms with Crippen molar-refractivity contribution in [3.8, 4) is 5.69 Å². The molecule has 0 saturated heterocycles. The second-order valence-corrected chi connectivity index (χ2v) is 4.04. The predicted molar refractivity (Wildman–Crippen MR) is 68.9 cm³/mol. The van der Waals surface area contributed by atoms with Gasteiger partial charge in [-0.25, -0.2) is 9.78 Å². The maximum Gasteiger partial charge on any atom is 0.337 e. The molecule has 3 N–H and O–H groups in total. The third-order valence-corrected chi connectivity index (χ3v) is 2.74. The number of aryl methyl sites for hydroxylation is 1. The zero-order chi connectivity index (χ0) is 13.1. The van der Waals surface area contributed by atoms with Gasteiger partial charge >= 0.3 is 5.97 Å². The fourth-order valence-corrected chi connectivity index (χ4v) is 1.86. The minimum Gasteiger partial charge on any atom is -0.478 e. The monoisotopic (exact) mass is 245 g/mol. The van der Waals surface area contributed by atoms with Crippen LogP contribution in [0.25, 0.3) is 5.69 Å². The van der Waals surface area contributed by atoms with Crippen molar-refractivity contribution in [3.63, 3.8) is 0 Å². The van der Waals surface area contributed by atoms with Gasteiger partial charge in [0.05, 0.1) is 5.56 Å². The number of imidazole rings is 1. The van der Waals surface area contributed by atoms with Crippen LogP contribution >= 0.6 is 0 Å². The van der Waals surface area contributed by atoms with E-state index in [4.69, 9.17) is 10.8 Å². The number of benzene rings is 1. The lowest BCUT2D eigenvalue weighted by atomic mass is 10.1. The van der Waals surface area contributed by atoms with Gasteiger partial charge in [-0.1, -0.05) is 6.92 Å². The summed E-state index contributed by atoms with van der Waals surface area (Å²) in [6, 6.07) is 4.97. The van der Waals surface area contributed by atoms with Gasteiger partial charge in [0.15, 0.2) is 0 Å². The molecule has 0 radical (unpaired) electrons. The molecule has 0 saturated carbocycles. The number of hydrogen-bond acceptors (Lipinski definition) is 3. The molecule has 2 aromatic rings. The number of aromatic carboxylic acids is 1. The first kappa shape index (κ1) is 12.2. The summed E-state index contributed by atoms with van der Waals surface area (Å²) in [5.74, 6) is -0.106. The molecule has 0 aliphatic rings. The summed E-state index contributed by atoms with van der Waals surface area (Å²) in [4.78, 5) is 15.3. The van der Waals surface area contributed by atoms with Gasteiger partial charge in [0.1, 0.15) is 5.82 Å². The number of anilines is 1. The zero-order valence-corrected chi connectivity index (χ0v) is 10.1.